The van der Waals surface area contributed by atoms with Crippen molar-refractivity contribution in [1.29, 1.82) is 0 Å². The van der Waals surface area contributed by atoms with Crippen LogP contribution in [0.5, 0.6) is 0 Å². The van der Waals surface area contributed by atoms with Gasteiger partial charge in [0.1, 0.15) is 29.8 Å². The highest BCUT2D eigenvalue weighted by Crippen LogP contribution is 2.59. The summed E-state index contributed by atoms with van der Waals surface area (Å²) < 4.78 is 12.4. The Kier molecular flexibility index (Phi) is 6.43. The van der Waals surface area contributed by atoms with E-state index in [1.54, 1.807) is 6.08 Å². The summed E-state index contributed by atoms with van der Waals surface area (Å²) in [6.07, 6.45) is 13.0. The predicted molar refractivity (Wildman–Crippen MR) is 139 cm³/mol. The molecule has 1 unspecified atom stereocenters. The van der Waals surface area contributed by atoms with Gasteiger partial charge in [0, 0.05) is 12.6 Å². The lowest BCUT2D eigenvalue weighted by atomic mass is 9.73. The first-order chi connectivity index (χ1) is 18.5. The van der Waals surface area contributed by atoms with Crippen molar-refractivity contribution in [2.24, 2.45) is 11.8 Å². The van der Waals surface area contributed by atoms with Crippen LogP contribution in [0.15, 0.2) is 54.6 Å². The van der Waals surface area contributed by atoms with Gasteiger partial charge in [-0.1, -0.05) is 74.7 Å². The molecule has 3 fully saturated rings. The molecule has 0 radical (unpaired) electrons. The monoisotopic (exact) mass is 520 g/mol. The van der Waals surface area contributed by atoms with Crippen LogP contribution in [0.4, 0.5) is 0 Å². The summed E-state index contributed by atoms with van der Waals surface area (Å²) in [6.45, 7) is 2.12. The number of amides is 2. The Morgan fingerprint density at radius 3 is 2.47 bits per heavy atom. The van der Waals surface area contributed by atoms with Crippen LogP contribution in [0, 0.1) is 11.8 Å². The van der Waals surface area contributed by atoms with Crippen LogP contribution in [0.25, 0.3) is 0 Å². The van der Waals surface area contributed by atoms with Crippen molar-refractivity contribution in [2.75, 3.05) is 19.8 Å². The normalized spacial score (nSPS) is 35.8. The number of aliphatic hydroxyl groups excluding tert-OH is 1. The van der Waals surface area contributed by atoms with Crippen molar-refractivity contribution in [2.45, 2.75) is 74.8 Å². The molecule has 4 aliphatic heterocycles. The van der Waals surface area contributed by atoms with Crippen LogP contribution in [0.1, 0.15) is 57.1 Å². The SMILES string of the molecule is CC[C@]12C=CCOC(=O)[C@H]1[C@H]1C(=O)N([C@H](CO)c3ccccc3)C3C(=O)N(C4CCCCC4)CC=C[C@@]31O2. The summed E-state index contributed by atoms with van der Waals surface area (Å²) in [7, 11) is 0. The Labute approximate surface area is 223 Å². The lowest BCUT2D eigenvalue weighted by Crippen LogP contribution is -2.58. The third kappa shape index (κ3) is 3.60. The first-order valence-corrected chi connectivity index (χ1v) is 14.0. The van der Waals surface area contributed by atoms with E-state index in [0.717, 1.165) is 37.7 Å². The fraction of sp³-hybridized carbons (Fsp3) is 0.567. The van der Waals surface area contributed by atoms with Crippen molar-refractivity contribution >= 4 is 17.8 Å². The fourth-order valence-corrected chi connectivity index (χ4v) is 7.64. The highest BCUT2D eigenvalue weighted by atomic mass is 16.6. The van der Waals surface area contributed by atoms with Crippen molar-refractivity contribution in [3.8, 4) is 0 Å². The van der Waals surface area contributed by atoms with Gasteiger partial charge < -0.3 is 24.4 Å². The number of hydrogen-bond donors (Lipinski definition) is 1. The van der Waals surface area contributed by atoms with Crippen molar-refractivity contribution in [3.05, 3.63) is 60.2 Å². The van der Waals surface area contributed by atoms with Crippen LogP contribution in [-0.2, 0) is 23.9 Å². The average Bonchev–Trinajstić information content (AvgIpc) is 3.22. The Morgan fingerprint density at radius 2 is 1.76 bits per heavy atom. The third-order valence-electron chi connectivity index (χ3n) is 9.37. The number of hydrogen-bond acceptors (Lipinski definition) is 6. The second-order valence-corrected chi connectivity index (χ2v) is 11.2. The number of nitrogens with zero attached hydrogens (tertiary/aromatic N) is 2. The number of likely N-dealkylation sites (tertiary alicyclic amines) is 1. The third-order valence-corrected chi connectivity index (χ3v) is 9.37. The molecule has 202 valence electrons. The van der Waals surface area contributed by atoms with Gasteiger partial charge in [-0.2, -0.15) is 0 Å². The molecule has 8 heteroatoms. The summed E-state index contributed by atoms with van der Waals surface area (Å²) in [6, 6.07) is 7.61. The van der Waals surface area contributed by atoms with E-state index in [4.69, 9.17) is 9.47 Å². The number of aliphatic hydroxyl groups is 1. The first-order valence-electron chi connectivity index (χ1n) is 14.0. The number of benzene rings is 1. The number of carbonyl (C=O) groups is 3. The van der Waals surface area contributed by atoms with E-state index in [1.165, 1.54) is 4.90 Å². The molecule has 1 aliphatic carbocycles. The van der Waals surface area contributed by atoms with E-state index >= 15 is 0 Å². The van der Waals surface area contributed by atoms with E-state index in [0.29, 0.717) is 13.0 Å². The van der Waals surface area contributed by atoms with E-state index in [1.807, 2.05) is 60.4 Å². The average molecular weight is 521 g/mol. The van der Waals surface area contributed by atoms with Crippen LogP contribution < -0.4 is 0 Å². The zero-order valence-electron chi connectivity index (χ0n) is 21.8. The molecule has 1 aromatic carbocycles. The van der Waals surface area contributed by atoms with Crippen LogP contribution in [-0.4, -0.2) is 75.7 Å². The molecule has 4 heterocycles. The molecule has 1 N–H and O–H groups in total. The largest absolute Gasteiger partial charge is 0.461 e. The first kappa shape index (κ1) is 25.3. The molecule has 38 heavy (non-hydrogen) atoms. The van der Waals surface area contributed by atoms with E-state index < -0.39 is 41.1 Å². The molecule has 0 aromatic heterocycles. The van der Waals surface area contributed by atoms with Crippen LogP contribution in [0.3, 0.4) is 0 Å². The van der Waals surface area contributed by atoms with E-state index in [9.17, 15) is 19.5 Å². The van der Waals surface area contributed by atoms with Gasteiger partial charge in [0.15, 0.2) is 0 Å². The molecule has 1 spiro atoms. The lowest BCUT2D eigenvalue weighted by molar-refractivity contribution is -0.162. The Hall–Kier alpha value is -2.97. The summed E-state index contributed by atoms with van der Waals surface area (Å²) in [4.78, 5) is 46.0. The molecule has 8 nitrogen and oxygen atoms in total. The molecule has 2 saturated heterocycles. The molecular formula is C30H36N2O6. The maximum atomic E-state index is 14.6. The Morgan fingerprint density at radius 1 is 1.00 bits per heavy atom. The van der Waals surface area contributed by atoms with Crippen molar-refractivity contribution in [1.82, 2.24) is 9.80 Å². The van der Waals surface area contributed by atoms with Gasteiger partial charge in [-0.05, 0) is 30.9 Å². The summed E-state index contributed by atoms with van der Waals surface area (Å²) in [5.41, 5.74) is -1.67. The zero-order chi connectivity index (χ0) is 26.5. The quantitative estimate of drug-likeness (QED) is 0.474. The number of fused-ring (bicyclic) bond motifs is 2. The molecule has 2 amide bonds. The van der Waals surface area contributed by atoms with Crippen molar-refractivity contribution < 1.29 is 29.0 Å². The molecule has 5 aliphatic rings. The second-order valence-electron chi connectivity index (χ2n) is 11.2. The number of ether oxygens (including phenoxy) is 2. The Balaban J connectivity index is 1.52. The minimum absolute atomic E-state index is 0.0910. The fourth-order valence-electron chi connectivity index (χ4n) is 7.64. The molecule has 6 atom stereocenters. The summed E-state index contributed by atoms with van der Waals surface area (Å²) >= 11 is 0. The lowest BCUT2D eigenvalue weighted by Gasteiger charge is -2.42. The van der Waals surface area contributed by atoms with Gasteiger partial charge in [0.2, 0.25) is 11.8 Å². The summed E-state index contributed by atoms with van der Waals surface area (Å²) in [5, 5.41) is 10.6. The minimum Gasteiger partial charge on any atom is -0.461 e. The van der Waals surface area contributed by atoms with Crippen molar-refractivity contribution in [3.63, 3.8) is 0 Å². The standard InChI is InChI=1S/C30H36N2O6/c1-2-29-15-10-18-37-28(36)24(29)23-26(34)32(22(19-33)20-11-5-3-6-12-20)25-27(35)31(21-13-7-4-8-14-21)17-9-16-30(23,25)38-29/h3,5-6,9-12,15-16,21-25,33H,2,4,7-8,13-14,17-19H2,1H3/t22-,23+,24-,25?,29+,30+/m1/s1. The molecule has 0 bridgehead atoms. The number of cyclic esters (lactones) is 1. The predicted octanol–water partition coefficient (Wildman–Crippen LogP) is 2.93. The number of esters is 1. The second kappa shape index (κ2) is 9.65. The molecule has 1 saturated carbocycles. The van der Waals surface area contributed by atoms with E-state index in [-0.39, 0.29) is 31.1 Å². The smallest absolute Gasteiger partial charge is 0.313 e. The van der Waals surface area contributed by atoms with Gasteiger partial charge in [0.05, 0.1) is 18.6 Å². The van der Waals surface area contributed by atoms with Gasteiger partial charge in [-0.25, -0.2) is 0 Å². The molecule has 1 aromatic rings. The van der Waals surface area contributed by atoms with Crippen LogP contribution in [0.2, 0.25) is 0 Å². The highest BCUT2D eigenvalue weighted by Gasteiger charge is 2.76. The van der Waals surface area contributed by atoms with E-state index in [2.05, 4.69) is 0 Å². The highest BCUT2D eigenvalue weighted by molar-refractivity contribution is 5.99. The molecule has 6 rings (SSSR count). The number of rotatable bonds is 5. The topological polar surface area (TPSA) is 96.4 Å². The van der Waals surface area contributed by atoms with Gasteiger partial charge in [-0.3, -0.25) is 14.4 Å². The maximum absolute atomic E-state index is 14.6. The van der Waals surface area contributed by atoms with Gasteiger partial charge in [-0.15, -0.1) is 0 Å². The minimum atomic E-state index is -1.35. The number of carbonyl (C=O) groups excluding carboxylic acids is 3. The van der Waals surface area contributed by atoms with Gasteiger partial charge >= 0.3 is 5.97 Å². The molecular weight excluding hydrogens is 484 g/mol. The zero-order valence-corrected chi connectivity index (χ0v) is 21.8. The van der Waals surface area contributed by atoms with Crippen LogP contribution >= 0.6 is 0 Å². The van der Waals surface area contributed by atoms with Gasteiger partial charge in [0.25, 0.3) is 0 Å². The maximum Gasteiger partial charge on any atom is 0.313 e. The Bertz CT molecular complexity index is 1160. The summed E-state index contributed by atoms with van der Waals surface area (Å²) in [5.74, 6) is -2.84.